The number of carbonyl (C=O) groups is 1. The first kappa shape index (κ1) is 17.2. The molecule has 8 heteroatoms. The number of aromatic carboxylic acids is 1. The Balaban J connectivity index is 2.42. The highest BCUT2D eigenvalue weighted by Crippen LogP contribution is 2.32. The van der Waals surface area contributed by atoms with Gasteiger partial charge in [0.15, 0.2) is 0 Å². The van der Waals surface area contributed by atoms with Gasteiger partial charge >= 0.3 is 5.97 Å². The standard InChI is InChI=1S/C14H18ClNO5S/c1-9-11(15)4-10(13(17)18)5-12(9)22(19,20)16(3)6-14(2)7-21-8-14/h4-5H,6-8H2,1-3H3,(H,17,18). The van der Waals surface area contributed by atoms with E-state index in [0.717, 1.165) is 6.07 Å². The summed E-state index contributed by atoms with van der Waals surface area (Å²) >= 11 is 5.98. The lowest BCUT2D eigenvalue weighted by molar-refractivity contribution is -0.106. The molecule has 1 aliphatic rings. The SMILES string of the molecule is Cc1c(Cl)cc(C(=O)O)cc1S(=O)(=O)N(C)CC1(C)COC1. The topological polar surface area (TPSA) is 83.9 Å². The van der Waals surface area contributed by atoms with Crippen LogP contribution in [0.2, 0.25) is 5.02 Å². The van der Waals surface area contributed by atoms with Gasteiger partial charge in [-0.25, -0.2) is 17.5 Å². The van der Waals surface area contributed by atoms with Crippen LogP contribution in [0.5, 0.6) is 0 Å². The van der Waals surface area contributed by atoms with Crippen LogP contribution >= 0.6 is 11.6 Å². The third kappa shape index (κ3) is 3.12. The van der Waals surface area contributed by atoms with E-state index in [1.165, 1.54) is 17.4 Å². The Hall–Kier alpha value is -1.15. The number of hydrogen-bond donors (Lipinski definition) is 1. The Morgan fingerprint density at radius 2 is 2.05 bits per heavy atom. The summed E-state index contributed by atoms with van der Waals surface area (Å²) in [6.45, 7) is 4.80. The summed E-state index contributed by atoms with van der Waals surface area (Å²) in [5, 5.41) is 9.19. The Bertz CT molecular complexity index is 712. The second kappa shape index (κ2) is 5.81. The minimum atomic E-state index is -3.83. The van der Waals surface area contributed by atoms with Crippen molar-refractivity contribution in [1.29, 1.82) is 0 Å². The van der Waals surface area contributed by atoms with E-state index < -0.39 is 16.0 Å². The molecular weight excluding hydrogens is 330 g/mol. The lowest BCUT2D eigenvalue weighted by Crippen LogP contribution is -2.49. The van der Waals surface area contributed by atoms with Crippen LogP contribution in [0.4, 0.5) is 0 Å². The van der Waals surface area contributed by atoms with Crippen molar-refractivity contribution in [3.63, 3.8) is 0 Å². The van der Waals surface area contributed by atoms with E-state index in [9.17, 15) is 13.2 Å². The molecule has 22 heavy (non-hydrogen) atoms. The summed E-state index contributed by atoms with van der Waals surface area (Å²) < 4.78 is 31.8. The van der Waals surface area contributed by atoms with Crippen LogP contribution in [0.15, 0.2) is 17.0 Å². The molecule has 0 saturated carbocycles. The lowest BCUT2D eigenvalue weighted by Gasteiger charge is -2.40. The third-order valence-electron chi connectivity index (χ3n) is 3.74. The minimum absolute atomic E-state index is 0.0799. The van der Waals surface area contributed by atoms with Gasteiger partial charge in [-0.3, -0.25) is 0 Å². The fraction of sp³-hybridized carbons (Fsp3) is 0.500. The number of sulfonamides is 1. The molecule has 0 amide bonds. The average Bonchev–Trinajstić information content (AvgIpc) is 2.39. The molecule has 2 rings (SSSR count). The maximum atomic E-state index is 12.7. The molecule has 1 heterocycles. The molecule has 0 unspecified atom stereocenters. The van der Waals surface area contributed by atoms with E-state index >= 15 is 0 Å². The van der Waals surface area contributed by atoms with Crippen molar-refractivity contribution < 1.29 is 23.1 Å². The molecule has 1 saturated heterocycles. The monoisotopic (exact) mass is 347 g/mol. The normalized spacial score (nSPS) is 17.3. The fourth-order valence-corrected chi connectivity index (χ4v) is 4.24. The summed E-state index contributed by atoms with van der Waals surface area (Å²) in [4.78, 5) is 11.0. The first-order chi connectivity index (χ1) is 10.1. The molecule has 0 bridgehead atoms. The molecule has 0 atom stereocenters. The second-order valence-electron chi connectivity index (χ2n) is 5.95. The second-order valence-corrected chi connectivity index (χ2v) is 8.37. The van der Waals surface area contributed by atoms with Gasteiger partial charge in [-0.05, 0) is 24.6 Å². The zero-order valence-electron chi connectivity index (χ0n) is 12.6. The van der Waals surface area contributed by atoms with Crippen molar-refractivity contribution in [2.75, 3.05) is 26.8 Å². The number of nitrogens with zero attached hydrogens (tertiary/aromatic N) is 1. The van der Waals surface area contributed by atoms with E-state index in [4.69, 9.17) is 21.4 Å². The molecule has 6 nitrogen and oxygen atoms in total. The molecule has 0 radical (unpaired) electrons. The number of hydrogen-bond acceptors (Lipinski definition) is 4. The van der Waals surface area contributed by atoms with E-state index in [1.54, 1.807) is 6.92 Å². The van der Waals surface area contributed by atoms with Gasteiger partial charge in [0.05, 0.1) is 23.7 Å². The van der Waals surface area contributed by atoms with Crippen LogP contribution < -0.4 is 0 Å². The molecule has 0 aromatic heterocycles. The van der Waals surface area contributed by atoms with Crippen LogP contribution in [0.25, 0.3) is 0 Å². The molecule has 1 N–H and O–H groups in total. The van der Waals surface area contributed by atoms with Crippen molar-refractivity contribution in [3.8, 4) is 0 Å². The van der Waals surface area contributed by atoms with Crippen LogP contribution in [-0.4, -0.2) is 50.6 Å². The molecule has 1 aromatic rings. The fourth-order valence-electron chi connectivity index (χ4n) is 2.38. The first-order valence-electron chi connectivity index (χ1n) is 6.64. The van der Waals surface area contributed by atoms with Crippen molar-refractivity contribution in [2.24, 2.45) is 5.41 Å². The van der Waals surface area contributed by atoms with Gasteiger partial charge in [0, 0.05) is 24.0 Å². The van der Waals surface area contributed by atoms with Crippen LogP contribution in [0.3, 0.4) is 0 Å². The van der Waals surface area contributed by atoms with Crippen molar-refractivity contribution >= 4 is 27.6 Å². The zero-order chi connectivity index (χ0) is 16.7. The molecule has 1 aliphatic heterocycles. The Morgan fingerprint density at radius 3 is 2.50 bits per heavy atom. The molecular formula is C14H18ClNO5S. The van der Waals surface area contributed by atoms with Gasteiger partial charge in [-0.2, -0.15) is 0 Å². The maximum Gasteiger partial charge on any atom is 0.335 e. The number of halogens is 1. The van der Waals surface area contributed by atoms with Crippen LogP contribution in [-0.2, 0) is 14.8 Å². The Kier molecular flexibility index (Phi) is 4.54. The summed E-state index contributed by atoms with van der Waals surface area (Å²) in [7, 11) is -2.36. The van der Waals surface area contributed by atoms with Crippen LogP contribution in [0.1, 0.15) is 22.8 Å². The molecule has 122 valence electrons. The quantitative estimate of drug-likeness (QED) is 0.880. The smallest absolute Gasteiger partial charge is 0.335 e. The molecule has 0 spiro atoms. The maximum absolute atomic E-state index is 12.7. The summed E-state index contributed by atoms with van der Waals surface area (Å²) in [6, 6.07) is 2.40. The summed E-state index contributed by atoms with van der Waals surface area (Å²) in [6.07, 6.45) is 0. The van der Waals surface area contributed by atoms with Gasteiger partial charge in [0.1, 0.15) is 0 Å². The van der Waals surface area contributed by atoms with Gasteiger partial charge in [0.2, 0.25) is 10.0 Å². The first-order valence-corrected chi connectivity index (χ1v) is 8.46. The number of ether oxygens (including phenoxy) is 1. The van der Waals surface area contributed by atoms with Crippen LogP contribution in [0, 0.1) is 12.3 Å². The molecule has 1 aromatic carbocycles. The van der Waals surface area contributed by atoms with Gasteiger partial charge < -0.3 is 9.84 Å². The highest BCUT2D eigenvalue weighted by atomic mass is 35.5. The van der Waals surface area contributed by atoms with Gasteiger partial charge in [-0.1, -0.05) is 18.5 Å². The predicted molar refractivity (Wildman–Crippen MR) is 81.9 cm³/mol. The van der Waals surface area contributed by atoms with E-state index in [1.807, 2.05) is 6.92 Å². The lowest BCUT2D eigenvalue weighted by atomic mass is 9.89. The highest BCUT2D eigenvalue weighted by Gasteiger charge is 2.38. The average molecular weight is 348 g/mol. The number of carboxylic acids is 1. The zero-order valence-corrected chi connectivity index (χ0v) is 14.2. The van der Waals surface area contributed by atoms with Gasteiger partial charge in [-0.15, -0.1) is 0 Å². The van der Waals surface area contributed by atoms with Crippen molar-refractivity contribution in [3.05, 3.63) is 28.3 Å². The number of benzene rings is 1. The highest BCUT2D eigenvalue weighted by molar-refractivity contribution is 7.89. The minimum Gasteiger partial charge on any atom is -0.478 e. The summed E-state index contributed by atoms with van der Waals surface area (Å²) in [5.74, 6) is -1.22. The van der Waals surface area contributed by atoms with E-state index in [2.05, 4.69) is 0 Å². The van der Waals surface area contributed by atoms with Crippen molar-refractivity contribution in [2.45, 2.75) is 18.7 Å². The predicted octanol–water partition coefficient (Wildman–Crippen LogP) is 2.00. The molecule has 0 aliphatic carbocycles. The number of carboxylic acid groups (broad SMARTS) is 1. The largest absolute Gasteiger partial charge is 0.478 e. The number of rotatable bonds is 5. The van der Waals surface area contributed by atoms with Gasteiger partial charge in [0.25, 0.3) is 0 Å². The third-order valence-corrected chi connectivity index (χ3v) is 6.06. The van der Waals surface area contributed by atoms with Crippen molar-refractivity contribution in [1.82, 2.24) is 4.31 Å². The summed E-state index contributed by atoms with van der Waals surface area (Å²) in [5.41, 5.74) is -0.0292. The Morgan fingerprint density at radius 1 is 1.45 bits per heavy atom. The molecule has 1 fully saturated rings. The Labute approximate surface area is 134 Å². The van der Waals surface area contributed by atoms with E-state index in [-0.39, 0.29) is 20.9 Å². The van der Waals surface area contributed by atoms with E-state index in [0.29, 0.717) is 25.3 Å².